The van der Waals surface area contributed by atoms with Crippen LogP contribution in [-0.2, 0) is 0 Å². The Kier molecular flexibility index (Phi) is 2.67. The first-order valence-electron chi connectivity index (χ1n) is 5.23. The first kappa shape index (κ1) is 11.1. The largest absolute Gasteiger partial charge is 0.357 e. The third kappa shape index (κ3) is 1.92. The second-order valence-corrected chi connectivity index (χ2v) is 4.52. The molecular formula is C9H9BrN8. The molecule has 92 valence electrons. The Balaban J connectivity index is 1.97. The van der Waals surface area contributed by atoms with E-state index in [0.29, 0.717) is 11.6 Å². The highest BCUT2D eigenvalue weighted by Gasteiger charge is 2.14. The molecule has 3 heterocycles. The zero-order chi connectivity index (χ0) is 12.5. The fraction of sp³-hybridized carbons (Fsp3) is 0.222. The molecule has 0 aliphatic rings. The van der Waals surface area contributed by atoms with Crippen molar-refractivity contribution in [2.75, 3.05) is 5.32 Å². The molecule has 0 radical (unpaired) electrons. The van der Waals surface area contributed by atoms with Gasteiger partial charge in [0.15, 0.2) is 17.3 Å². The highest BCUT2D eigenvalue weighted by molar-refractivity contribution is 9.10. The summed E-state index contributed by atoms with van der Waals surface area (Å²) < 4.78 is 2.60. The second-order valence-electron chi connectivity index (χ2n) is 3.71. The minimum atomic E-state index is -0.119. The van der Waals surface area contributed by atoms with Crippen LogP contribution < -0.4 is 5.32 Å². The number of aromatic amines is 1. The van der Waals surface area contributed by atoms with Crippen LogP contribution in [0, 0.1) is 0 Å². The molecule has 3 rings (SSSR count). The molecule has 3 aromatic rings. The summed E-state index contributed by atoms with van der Waals surface area (Å²) in [4.78, 5) is 8.61. The Morgan fingerprint density at radius 2 is 2.39 bits per heavy atom. The fourth-order valence-corrected chi connectivity index (χ4v) is 2.02. The van der Waals surface area contributed by atoms with Gasteiger partial charge >= 0.3 is 0 Å². The summed E-state index contributed by atoms with van der Waals surface area (Å²) in [5.41, 5.74) is 0.744. The number of rotatable bonds is 3. The lowest BCUT2D eigenvalue weighted by molar-refractivity contribution is 0.787. The van der Waals surface area contributed by atoms with E-state index in [9.17, 15) is 0 Å². The van der Waals surface area contributed by atoms with Crippen LogP contribution in [0.1, 0.15) is 18.8 Å². The van der Waals surface area contributed by atoms with Gasteiger partial charge in [-0.25, -0.2) is 9.97 Å². The first-order chi connectivity index (χ1) is 8.74. The maximum atomic E-state index is 4.36. The molecule has 0 amide bonds. The third-order valence-corrected chi connectivity index (χ3v) is 2.83. The Labute approximate surface area is 110 Å². The predicted octanol–water partition coefficient (Wildman–Crippen LogP) is 1.18. The minimum Gasteiger partial charge on any atom is -0.357 e. The lowest BCUT2D eigenvalue weighted by Gasteiger charge is -2.11. The van der Waals surface area contributed by atoms with Crippen LogP contribution in [-0.4, -0.2) is 35.0 Å². The number of tetrazole rings is 1. The van der Waals surface area contributed by atoms with Gasteiger partial charge in [0.1, 0.15) is 4.60 Å². The first-order valence-corrected chi connectivity index (χ1v) is 6.02. The Bertz CT molecular complexity index is 660. The van der Waals surface area contributed by atoms with Gasteiger partial charge in [0.2, 0.25) is 0 Å². The lowest BCUT2D eigenvalue weighted by Crippen LogP contribution is -2.11. The summed E-state index contributed by atoms with van der Waals surface area (Å²) in [6.45, 7) is 1.92. The normalized spacial score (nSPS) is 12.8. The number of aromatic nitrogens is 7. The summed E-state index contributed by atoms with van der Waals surface area (Å²) in [5, 5.41) is 17.0. The van der Waals surface area contributed by atoms with Crippen molar-refractivity contribution in [2.24, 2.45) is 0 Å². The highest BCUT2D eigenvalue weighted by Crippen LogP contribution is 2.20. The molecule has 0 spiro atoms. The van der Waals surface area contributed by atoms with Crippen molar-refractivity contribution >= 4 is 27.4 Å². The molecule has 0 aliphatic carbocycles. The Morgan fingerprint density at radius 3 is 3.17 bits per heavy atom. The van der Waals surface area contributed by atoms with Gasteiger partial charge in [-0.05, 0) is 22.9 Å². The number of hydrogen-bond donors (Lipinski definition) is 2. The van der Waals surface area contributed by atoms with Gasteiger partial charge in [0.25, 0.3) is 0 Å². The molecule has 1 atom stereocenters. The van der Waals surface area contributed by atoms with Gasteiger partial charge in [-0.15, -0.1) is 10.2 Å². The number of halogens is 1. The number of anilines is 1. The number of imidazole rings is 1. The van der Waals surface area contributed by atoms with E-state index >= 15 is 0 Å². The number of hydrogen-bond acceptors (Lipinski definition) is 6. The van der Waals surface area contributed by atoms with Crippen LogP contribution >= 0.6 is 15.9 Å². The van der Waals surface area contributed by atoms with E-state index in [2.05, 4.69) is 51.8 Å². The molecule has 0 fully saturated rings. The monoisotopic (exact) mass is 308 g/mol. The van der Waals surface area contributed by atoms with E-state index in [-0.39, 0.29) is 6.04 Å². The maximum absolute atomic E-state index is 4.36. The van der Waals surface area contributed by atoms with E-state index in [4.69, 9.17) is 0 Å². The summed E-state index contributed by atoms with van der Waals surface area (Å²) in [6, 6.07) is -0.119. The zero-order valence-corrected chi connectivity index (χ0v) is 11.0. The SMILES string of the molecule is CC(Nc1nc(Br)cn2ccnc12)c1nn[nH]n1. The van der Waals surface area contributed by atoms with Gasteiger partial charge in [0, 0.05) is 18.6 Å². The van der Waals surface area contributed by atoms with Crippen LogP contribution in [0.3, 0.4) is 0 Å². The molecule has 0 saturated heterocycles. The topological polar surface area (TPSA) is 96.7 Å². The number of nitrogens with one attached hydrogen (secondary N) is 2. The quantitative estimate of drug-likeness (QED) is 0.754. The number of nitrogens with zero attached hydrogens (tertiary/aromatic N) is 6. The molecule has 0 aliphatic heterocycles. The Hall–Kier alpha value is -2.03. The van der Waals surface area contributed by atoms with Crippen LogP contribution in [0.4, 0.5) is 5.82 Å². The van der Waals surface area contributed by atoms with Crippen molar-refractivity contribution < 1.29 is 0 Å². The minimum absolute atomic E-state index is 0.119. The third-order valence-electron chi connectivity index (χ3n) is 2.45. The predicted molar refractivity (Wildman–Crippen MR) is 66.9 cm³/mol. The maximum Gasteiger partial charge on any atom is 0.196 e. The average Bonchev–Trinajstić information content (AvgIpc) is 2.98. The summed E-state index contributed by atoms with van der Waals surface area (Å²) >= 11 is 3.36. The van der Waals surface area contributed by atoms with Crippen LogP contribution in [0.15, 0.2) is 23.2 Å². The molecule has 0 aromatic carbocycles. The molecule has 9 heteroatoms. The van der Waals surface area contributed by atoms with Gasteiger partial charge in [-0.3, -0.25) is 0 Å². The lowest BCUT2D eigenvalue weighted by atomic mass is 10.3. The van der Waals surface area contributed by atoms with Crippen molar-refractivity contribution in [1.29, 1.82) is 0 Å². The molecule has 8 nitrogen and oxygen atoms in total. The summed E-state index contributed by atoms with van der Waals surface area (Å²) in [5.74, 6) is 1.23. The smallest absolute Gasteiger partial charge is 0.196 e. The Morgan fingerprint density at radius 1 is 1.50 bits per heavy atom. The average molecular weight is 309 g/mol. The van der Waals surface area contributed by atoms with E-state index < -0.39 is 0 Å². The van der Waals surface area contributed by atoms with Crippen LogP contribution in [0.5, 0.6) is 0 Å². The number of fused-ring (bicyclic) bond motifs is 1. The van der Waals surface area contributed by atoms with Crippen molar-refractivity contribution in [2.45, 2.75) is 13.0 Å². The molecule has 2 N–H and O–H groups in total. The van der Waals surface area contributed by atoms with E-state index in [0.717, 1.165) is 10.3 Å². The molecule has 1 unspecified atom stereocenters. The summed E-state index contributed by atoms with van der Waals surface area (Å²) in [6.07, 6.45) is 5.41. The van der Waals surface area contributed by atoms with Crippen LogP contribution in [0.25, 0.3) is 5.65 Å². The van der Waals surface area contributed by atoms with Crippen molar-refractivity contribution in [1.82, 2.24) is 35.0 Å². The van der Waals surface area contributed by atoms with Gasteiger partial charge in [-0.1, -0.05) is 5.21 Å². The van der Waals surface area contributed by atoms with Crippen molar-refractivity contribution in [3.63, 3.8) is 0 Å². The van der Waals surface area contributed by atoms with Crippen LogP contribution in [0.2, 0.25) is 0 Å². The van der Waals surface area contributed by atoms with E-state index in [1.54, 1.807) is 6.20 Å². The highest BCUT2D eigenvalue weighted by atomic mass is 79.9. The zero-order valence-electron chi connectivity index (χ0n) is 9.37. The molecule has 0 saturated carbocycles. The molecule has 18 heavy (non-hydrogen) atoms. The number of H-pyrrole nitrogens is 1. The molecule has 0 bridgehead atoms. The van der Waals surface area contributed by atoms with Crippen molar-refractivity contribution in [3.05, 3.63) is 29.0 Å². The fourth-order valence-electron chi connectivity index (χ4n) is 1.62. The molecule has 3 aromatic heterocycles. The van der Waals surface area contributed by atoms with Gasteiger partial charge < -0.3 is 9.72 Å². The standard InChI is InChI=1S/C9H9BrN8/c1-5(7-14-16-17-15-7)12-8-9-11-2-3-18(9)4-6(10)13-8/h2-5H,1H3,(H,12,13)(H,14,15,16,17). The van der Waals surface area contributed by atoms with E-state index in [1.807, 2.05) is 23.7 Å². The summed E-state index contributed by atoms with van der Waals surface area (Å²) in [7, 11) is 0. The van der Waals surface area contributed by atoms with Crippen molar-refractivity contribution in [3.8, 4) is 0 Å². The second kappa shape index (κ2) is 4.33. The molecular weight excluding hydrogens is 300 g/mol. The van der Waals surface area contributed by atoms with Gasteiger partial charge in [-0.2, -0.15) is 5.21 Å². The van der Waals surface area contributed by atoms with E-state index in [1.165, 1.54) is 0 Å². The van der Waals surface area contributed by atoms with Gasteiger partial charge in [0.05, 0.1) is 6.04 Å².